The molecule has 3 atom stereocenters. The molecule has 1 saturated heterocycles. The molecule has 33 heavy (non-hydrogen) atoms. The molecule has 0 saturated carbocycles. The van der Waals surface area contributed by atoms with Crippen LogP contribution in [-0.4, -0.2) is 60.4 Å². The number of hydrazine groups is 1. The lowest BCUT2D eigenvalue weighted by Crippen LogP contribution is -2.53. The number of carbonyl (C=O) groups is 4. The van der Waals surface area contributed by atoms with E-state index in [9.17, 15) is 27.6 Å². The Balaban J connectivity index is 1.66. The Morgan fingerprint density at radius 2 is 1.64 bits per heavy atom. The van der Waals surface area contributed by atoms with E-state index in [1.54, 1.807) is 13.8 Å². The first-order chi connectivity index (χ1) is 15.6. The topological polar surface area (TPSA) is 133 Å². The van der Waals surface area contributed by atoms with E-state index in [0.29, 0.717) is 12.8 Å². The maximum atomic E-state index is 12.7. The fourth-order valence-corrected chi connectivity index (χ4v) is 5.63. The highest BCUT2D eigenvalue weighted by Crippen LogP contribution is 2.36. The molecule has 3 rings (SSSR count). The van der Waals surface area contributed by atoms with Crippen molar-refractivity contribution in [2.45, 2.75) is 44.6 Å². The standard InChI is InChI=1S/C22H28N4O6S/c1-4-25(5-2)33(31,32)16-10-8-9-15(13-16)20(28)24-23-19(27)14(3)26-21(29)17-11-6-7-12-18(17)22(26)30/h6-10,13-14,17-18H,4-5,11-12H2,1-3H3,(H,23,27)(H,24,28)/t14-,17?,18?/m0/s1. The number of benzene rings is 1. The maximum Gasteiger partial charge on any atom is 0.269 e. The summed E-state index contributed by atoms with van der Waals surface area (Å²) in [6.45, 7) is 5.42. The molecule has 1 aromatic carbocycles. The summed E-state index contributed by atoms with van der Waals surface area (Å²) in [6.07, 6.45) is 4.64. The molecule has 178 valence electrons. The van der Waals surface area contributed by atoms with Gasteiger partial charge in [-0.05, 0) is 38.0 Å². The number of allylic oxidation sites excluding steroid dienone is 2. The van der Waals surface area contributed by atoms with Gasteiger partial charge in [0.05, 0.1) is 16.7 Å². The molecular weight excluding hydrogens is 448 g/mol. The van der Waals surface area contributed by atoms with Gasteiger partial charge in [0.25, 0.3) is 11.8 Å². The summed E-state index contributed by atoms with van der Waals surface area (Å²) < 4.78 is 26.7. The number of hydrogen-bond acceptors (Lipinski definition) is 6. The Labute approximate surface area is 193 Å². The van der Waals surface area contributed by atoms with Gasteiger partial charge in [-0.2, -0.15) is 4.31 Å². The molecule has 0 spiro atoms. The van der Waals surface area contributed by atoms with Crippen molar-refractivity contribution in [3.8, 4) is 0 Å². The molecule has 2 N–H and O–H groups in total. The van der Waals surface area contributed by atoms with E-state index in [1.807, 2.05) is 12.2 Å². The van der Waals surface area contributed by atoms with Gasteiger partial charge in [0, 0.05) is 18.7 Å². The predicted octanol–water partition coefficient (Wildman–Crippen LogP) is 0.818. The number of imide groups is 1. The summed E-state index contributed by atoms with van der Waals surface area (Å²) in [5.41, 5.74) is 4.48. The van der Waals surface area contributed by atoms with Gasteiger partial charge in [-0.15, -0.1) is 0 Å². The molecular formula is C22H28N4O6S. The Hall–Kier alpha value is -3.05. The fourth-order valence-electron chi connectivity index (χ4n) is 4.13. The van der Waals surface area contributed by atoms with Gasteiger partial charge in [0.2, 0.25) is 21.8 Å². The Morgan fingerprint density at radius 3 is 2.18 bits per heavy atom. The first kappa shape index (κ1) is 24.6. The van der Waals surface area contributed by atoms with E-state index >= 15 is 0 Å². The number of nitrogens with one attached hydrogen (secondary N) is 2. The molecule has 1 aliphatic carbocycles. The van der Waals surface area contributed by atoms with Crippen LogP contribution >= 0.6 is 0 Å². The van der Waals surface area contributed by atoms with Crippen molar-refractivity contribution in [2.24, 2.45) is 11.8 Å². The van der Waals surface area contributed by atoms with Gasteiger partial charge in [-0.3, -0.25) is 34.9 Å². The van der Waals surface area contributed by atoms with Gasteiger partial charge >= 0.3 is 0 Å². The second-order valence-corrected chi connectivity index (χ2v) is 9.88. The summed E-state index contributed by atoms with van der Waals surface area (Å²) >= 11 is 0. The number of carbonyl (C=O) groups excluding carboxylic acids is 4. The number of sulfonamides is 1. The largest absolute Gasteiger partial charge is 0.274 e. The van der Waals surface area contributed by atoms with Gasteiger partial charge in [0.15, 0.2) is 0 Å². The first-order valence-electron chi connectivity index (χ1n) is 10.9. The third-order valence-electron chi connectivity index (χ3n) is 6.05. The van der Waals surface area contributed by atoms with E-state index in [-0.39, 0.29) is 23.5 Å². The van der Waals surface area contributed by atoms with Crippen LogP contribution in [0.4, 0.5) is 0 Å². The van der Waals surface area contributed by atoms with E-state index < -0.39 is 51.5 Å². The van der Waals surface area contributed by atoms with E-state index in [2.05, 4.69) is 10.9 Å². The number of hydrogen-bond donors (Lipinski definition) is 2. The van der Waals surface area contributed by atoms with Crippen LogP contribution in [0.5, 0.6) is 0 Å². The van der Waals surface area contributed by atoms with Gasteiger partial charge < -0.3 is 0 Å². The van der Waals surface area contributed by atoms with E-state index in [1.165, 1.54) is 35.5 Å². The average molecular weight is 477 g/mol. The monoisotopic (exact) mass is 476 g/mol. The summed E-state index contributed by atoms with van der Waals surface area (Å²) in [4.78, 5) is 51.3. The van der Waals surface area contributed by atoms with Crippen molar-refractivity contribution < 1.29 is 27.6 Å². The molecule has 0 bridgehead atoms. The minimum atomic E-state index is -3.76. The molecule has 1 heterocycles. The first-order valence-corrected chi connectivity index (χ1v) is 12.3. The molecule has 2 unspecified atom stereocenters. The SMILES string of the molecule is CCN(CC)S(=O)(=O)c1cccc(C(=O)NNC(=O)[C@H](C)N2C(=O)C3CC=CCC3C2=O)c1. The molecule has 4 amide bonds. The van der Waals surface area contributed by atoms with Crippen molar-refractivity contribution in [1.29, 1.82) is 0 Å². The molecule has 2 aliphatic rings. The fraction of sp³-hybridized carbons (Fsp3) is 0.455. The van der Waals surface area contributed by atoms with Gasteiger partial charge in [0.1, 0.15) is 6.04 Å². The summed E-state index contributed by atoms with van der Waals surface area (Å²) in [6, 6.07) is 4.36. The maximum absolute atomic E-state index is 12.7. The van der Waals surface area contributed by atoms with Crippen LogP contribution < -0.4 is 10.9 Å². The predicted molar refractivity (Wildman–Crippen MR) is 119 cm³/mol. The Morgan fingerprint density at radius 1 is 1.06 bits per heavy atom. The van der Waals surface area contributed by atoms with Gasteiger partial charge in [-0.1, -0.05) is 32.1 Å². The van der Waals surface area contributed by atoms with Crippen LogP contribution in [0.2, 0.25) is 0 Å². The zero-order valence-corrected chi connectivity index (χ0v) is 19.6. The van der Waals surface area contributed by atoms with Crippen LogP contribution in [0.15, 0.2) is 41.3 Å². The number of nitrogens with zero attached hydrogens (tertiary/aromatic N) is 2. The second kappa shape index (κ2) is 9.84. The number of fused-ring (bicyclic) bond motifs is 1. The summed E-state index contributed by atoms with van der Waals surface area (Å²) in [7, 11) is -3.76. The molecule has 1 aliphatic heterocycles. The van der Waals surface area contributed by atoms with Crippen LogP contribution in [0, 0.1) is 11.8 Å². The van der Waals surface area contributed by atoms with Crippen LogP contribution in [0.1, 0.15) is 44.0 Å². The van der Waals surface area contributed by atoms with Gasteiger partial charge in [-0.25, -0.2) is 8.42 Å². The highest BCUT2D eigenvalue weighted by molar-refractivity contribution is 7.89. The molecule has 1 aromatic rings. The third-order valence-corrected chi connectivity index (χ3v) is 8.09. The van der Waals surface area contributed by atoms with Crippen molar-refractivity contribution >= 4 is 33.7 Å². The summed E-state index contributed by atoms with van der Waals surface area (Å²) in [5, 5.41) is 0. The van der Waals surface area contributed by atoms with E-state index in [0.717, 1.165) is 4.90 Å². The highest BCUT2D eigenvalue weighted by atomic mass is 32.2. The van der Waals surface area contributed by atoms with Crippen molar-refractivity contribution in [3.63, 3.8) is 0 Å². The number of amides is 4. The second-order valence-electron chi connectivity index (χ2n) is 7.94. The average Bonchev–Trinajstić information content (AvgIpc) is 3.07. The van der Waals surface area contributed by atoms with Crippen LogP contribution in [0.3, 0.4) is 0 Å². The Kier molecular flexibility index (Phi) is 7.33. The van der Waals surface area contributed by atoms with Crippen molar-refractivity contribution in [1.82, 2.24) is 20.1 Å². The lowest BCUT2D eigenvalue weighted by atomic mass is 9.85. The molecule has 10 nitrogen and oxygen atoms in total. The molecule has 0 aromatic heterocycles. The lowest BCUT2D eigenvalue weighted by Gasteiger charge is -2.22. The minimum absolute atomic E-state index is 0.0293. The van der Waals surface area contributed by atoms with Crippen molar-refractivity contribution in [2.75, 3.05) is 13.1 Å². The highest BCUT2D eigenvalue weighted by Gasteiger charge is 2.50. The quantitative estimate of drug-likeness (QED) is 0.340. The van der Waals surface area contributed by atoms with Crippen molar-refractivity contribution in [3.05, 3.63) is 42.0 Å². The number of rotatable bonds is 7. The smallest absolute Gasteiger partial charge is 0.269 e. The molecule has 11 heteroatoms. The minimum Gasteiger partial charge on any atom is -0.274 e. The zero-order chi connectivity index (χ0) is 24.3. The van der Waals surface area contributed by atoms with Crippen LogP contribution in [0.25, 0.3) is 0 Å². The third kappa shape index (κ3) is 4.69. The molecule has 0 radical (unpaired) electrons. The normalized spacial score (nSPS) is 21.2. The molecule has 1 fully saturated rings. The Bertz CT molecular complexity index is 1070. The zero-order valence-electron chi connectivity index (χ0n) is 18.8. The lowest BCUT2D eigenvalue weighted by molar-refractivity contribution is -0.147. The number of likely N-dealkylation sites (tertiary alicyclic amines) is 1. The van der Waals surface area contributed by atoms with E-state index in [4.69, 9.17) is 0 Å². The summed E-state index contributed by atoms with van der Waals surface area (Å²) in [5.74, 6) is -3.16. The van der Waals surface area contributed by atoms with Crippen LogP contribution in [-0.2, 0) is 24.4 Å².